The van der Waals surface area contributed by atoms with Crippen molar-refractivity contribution in [3.63, 3.8) is 0 Å². The Balaban J connectivity index is 2.61. The topological polar surface area (TPSA) is 21.3 Å². The van der Waals surface area contributed by atoms with Crippen LogP contribution < -0.4 is 10.1 Å². The average molecular weight is 249 g/mol. The van der Waals surface area contributed by atoms with E-state index in [0.29, 0.717) is 0 Å². The molecular weight excluding hydrogens is 222 g/mol. The van der Waals surface area contributed by atoms with Crippen LogP contribution in [0, 0.1) is 0 Å². The van der Waals surface area contributed by atoms with Gasteiger partial charge in [-0.05, 0) is 56.8 Å². The molecule has 0 spiro atoms. The van der Waals surface area contributed by atoms with E-state index in [-0.39, 0.29) is 11.0 Å². The molecule has 0 saturated carbocycles. The van der Waals surface area contributed by atoms with Crippen molar-refractivity contribution in [1.82, 2.24) is 5.32 Å². The van der Waals surface area contributed by atoms with Gasteiger partial charge in [-0.15, -0.1) is 0 Å². The van der Waals surface area contributed by atoms with Crippen molar-refractivity contribution < 1.29 is 4.74 Å². The second-order valence-corrected chi connectivity index (χ2v) is 6.54. The zero-order valence-corrected chi connectivity index (χ0v) is 12.6. The summed E-state index contributed by atoms with van der Waals surface area (Å²) in [5, 5.41) is 3.55. The maximum absolute atomic E-state index is 5.20. The Hall–Kier alpha value is -1.02. The van der Waals surface area contributed by atoms with E-state index in [1.165, 1.54) is 5.56 Å². The Morgan fingerprint density at radius 2 is 1.56 bits per heavy atom. The fourth-order valence-corrected chi connectivity index (χ4v) is 1.94. The highest BCUT2D eigenvalue weighted by molar-refractivity contribution is 5.31. The van der Waals surface area contributed by atoms with Crippen molar-refractivity contribution in [2.75, 3.05) is 13.7 Å². The average Bonchev–Trinajstić information content (AvgIpc) is 2.27. The minimum atomic E-state index is 0.185. The molecule has 1 rings (SSSR count). The summed E-state index contributed by atoms with van der Waals surface area (Å²) in [6, 6.07) is 8.40. The molecule has 102 valence electrons. The van der Waals surface area contributed by atoms with Gasteiger partial charge in [0.05, 0.1) is 7.11 Å². The quantitative estimate of drug-likeness (QED) is 0.858. The molecule has 2 heteroatoms. The first-order valence-electron chi connectivity index (χ1n) is 6.64. The molecule has 1 N–H and O–H groups in total. The molecule has 0 atom stereocenters. The largest absolute Gasteiger partial charge is 0.497 e. The van der Waals surface area contributed by atoms with Gasteiger partial charge in [-0.1, -0.05) is 26.0 Å². The van der Waals surface area contributed by atoms with Crippen LogP contribution in [0.15, 0.2) is 24.3 Å². The molecule has 0 bridgehead atoms. The van der Waals surface area contributed by atoms with Gasteiger partial charge in [0.25, 0.3) is 0 Å². The predicted molar refractivity (Wildman–Crippen MR) is 78.4 cm³/mol. The number of hydrogen-bond acceptors (Lipinski definition) is 2. The molecule has 0 aliphatic heterocycles. The lowest BCUT2D eigenvalue weighted by Gasteiger charge is -2.28. The van der Waals surface area contributed by atoms with Gasteiger partial charge in [0.1, 0.15) is 5.75 Å². The zero-order chi connectivity index (χ0) is 13.8. The Morgan fingerprint density at radius 1 is 1.00 bits per heavy atom. The summed E-state index contributed by atoms with van der Waals surface area (Å²) in [6.07, 6.45) is 1.12. The second kappa shape index (κ2) is 5.75. The summed E-state index contributed by atoms with van der Waals surface area (Å²) >= 11 is 0. The third kappa shape index (κ3) is 4.69. The molecule has 1 aromatic rings. The molecule has 0 fully saturated rings. The van der Waals surface area contributed by atoms with Crippen LogP contribution >= 0.6 is 0 Å². The van der Waals surface area contributed by atoms with Gasteiger partial charge >= 0.3 is 0 Å². The van der Waals surface area contributed by atoms with E-state index in [1.807, 2.05) is 12.1 Å². The number of methoxy groups -OCH3 is 1. The van der Waals surface area contributed by atoms with Crippen molar-refractivity contribution in [3.8, 4) is 5.75 Å². The highest BCUT2D eigenvalue weighted by Crippen LogP contribution is 2.28. The van der Waals surface area contributed by atoms with E-state index in [0.717, 1.165) is 18.7 Å². The Morgan fingerprint density at radius 3 is 2.00 bits per heavy atom. The summed E-state index contributed by atoms with van der Waals surface area (Å²) < 4.78 is 5.20. The molecule has 1 aromatic carbocycles. The van der Waals surface area contributed by atoms with Crippen LogP contribution in [0.5, 0.6) is 5.75 Å². The van der Waals surface area contributed by atoms with Crippen LogP contribution in [-0.2, 0) is 5.41 Å². The summed E-state index contributed by atoms with van der Waals surface area (Å²) in [6.45, 7) is 12.2. The van der Waals surface area contributed by atoms with Crippen molar-refractivity contribution in [2.45, 2.75) is 52.0 Å². The summed E-state index contributed by atoms with van der Waals surface area (Å²) in [5.74, 6) is 0.919. The molecule has 0 aromatic heterocycles. The van der Waals surface area contributed by atoms with Gasteiger partial charge in [0, 0.05) is 5.54 Å². The lowest BCUT2D eigenvalue weighted by Crippen LogP contribution is -2.38. The van der Waals surface area contributed by atoms with Crippen LogP contribution in [0.2, 0.25) is 0 Å². The lowest BCUT2D eigenvalue weighted by atomic mass is 9.81. The van der Waals surface area contributed by atoms with Crippen molar-refractivity contribution in [1.29, 1.82) is 0 Å². The molecule has 0 radical (unpaired) electrons. The van der Waals surface area contributed by atoms with E-state index < -0.39 is 0 Å². The third-order valence-corrected chi connectivity index (χ3v) is 3.28. The first-order valence-corrected chi connectivity index (χ1v) is 6.64. The lowest BCUT2D eigenvalue weighted by molar-refractivity contribution is 0.378. The monoisotopic (exact) mass is 249 g/mol. The molecule has 0 aliphatic rings. The molecule has 0 aliphatic carbocycles. The first-order chi connectivity index (χ1) is 8.24. The van der Waals surface area contributed by atoms with Crippen LogP contribution in [0.1, 0.15) is 46.6 Å². The minimum absolute atomic E-state index is 0.185. The van der Waals surface area contributed by atoms with E-state index in [9.17, 15) is 0 Å². The minimum Gasteiger partial charge on any atom is -0.497 e. The smallest absolute Gasteiger partial charge is 0.118 e. The second-order valence-electron chi connectivity index (χ2n) is 6.54. The van der Waals surface area contributed by atoms with E-state index >= 15 is 0 Å². The highest BCUT2D eigenvalue weighted by Gasteiger charge is 2.21. The first kappa shape index (κ1) is 15.0. The Bertz CT molecular complexity index is 360. The predicted octanol–water partition coefficient (Wildman–Crippen LogP) is 3.75. The normalized spacial score (nSPS) is 12.6. The molecule has 0 saturated heterocycles. The molecule has 0 amide bonds. The Labute approximate surface area is 112 Å². The van der Waals surface area contributed by atoms with Crippen LogP contribution in [0.3, 0.4) is 0 Å². The maximum atomic E-state index is 5.20. The molecular formula is C16H27NO. The number of benzene rings is 1. The SMILES string of the molecule is COc1ccc(C(C)(C)CCNC(C)(C)C)cc1. The molecule has 2 nitrogen and oxygen atoms in total. The maximum Gasteiger partial charge on any atom is 0.118 e. The summed E-state index contributed by atoms with van der Waals surface area (Å²) in [4.78, 5) is 0. The van der Waals surface area contributed by atoms with Crippen molar-refractivity contribution in [2.24, 2.45) is 0 Å². The van der Waals surface area contributed by atoms with Crippen molar-refractivity contribution in [3.05, 3.63) is 29.8 Å². The van der Waals surface area contributed by atoms with Crippen molar-refractivity contribution >= 4 is 0 Å². The highest BCUT2D eigenvalue weighted by atomic mass is 16.5. The third-order valence-electron chi connectivity index (χ3n) is 3.28. The van der Waals surface area contributed by atoms with E-state index in [1.54, 1.807) is 7.11 Å². The number of hydrogen-bond donors (Lipinski definition) is 1. The van der Waals surface area contributed by atoms with Crippen LogP contribution in [0.25, 0.3) is 0 Å². The summed E-state index contributed by atoms with van der Waals surface area (Å²) in [7, 11) is 1.70. The van der Waals surface area contributed by atoms with Gasteiger partial charge in [0.2, 0.25) is 0 Å². The van der Waals surface area contributed by atoms with Gasteiger partial charge in [0.15, 0.2) is 0 Å². The Kier molecular flexibility index (Phi) is 4.80. The molecule has 0 unspecified atom stereocenters. The fourth-order valence-electron chi connectivity index (χ4n) is 1.94. The van der Waals surface area contributed by atoms with Gasteiger partial charge < -0.3 is 10.1 Å². The van der Waals surface area contributed by atoms with Crippen LogP contribution in [0.4, 0.5) is 0 Å². The summed E-state index contributed by atoms with van der Waals surface area (Å²) in [5.41, 5.74) is 1.74. The van der Waals surface area contributed by atoms with Gasteiger partial charge in [-0.25, -0.2) is 0 Å². The van der Waals surface area contributed by atoms with E-state index in [4.69, 9.17) is 4.74 Å². The van der Waals surface area contributed by atoms with E-state index in [2.05, 4.69) is 52.1 Å². The zero-order valence-electron chi connectivity index (χ0n) is 12.6. The standard InChI is InChI=1S/C16H27NO/c1-15(2,3)17-12-11-16(4,5)13-7-9-14(18-6)10-8-13/h7-10,17H,11-12H2,1-6H3. The fraction of sp³-hybridized carbons (Fsp3) is 0.625. The number of nitrogens with one attached hydrogen (secondary N) is 1. The number of rotatable bonds is 5. The van der Waals surface area contributed by atoms with Gasteiger partial charge in [-0.2, -0.15) is 0 Å². The van der Waals surface area contributed by atoms with Gasteiger partial charge in [-0.3, -0.25) is 0 Å². The van der Waals surface area contributed by atoms with Crippen LogP contribution in [-0.4, -0.2) is 19.2 Å². The number of ether oxygens (including phenoxy) is 1. The molecule has 0 heterocycles. The molecule has 18 heavy (non-hydrogen) atoms.